The van der Waals surface area contributed by atoms with E-state index in [1.54, 1.807) is 7.11 Å². The molecule has 0 bridgehead atoms. The van der Waals surface area contributed by atoms with Crippen LogP contribution in [-0.2, 0) is 28.6 Å². The first kappa shape index (κ1) is 21.1. The molecule has 0 fully saturated rings. The van der Waals surface area contributed by atoms with Crippen molar-refractivity contribution in [3.05, 3.63) is 24.3 Å². The van der Waals surface area contributed by atoms with Gasteiger partial charge in [0, 0.05) is 0 Å². The van der Waals surface area contributed by atoms with Crippen molar-refractivity contribution in [1.82, 2.24) is 0 Å². The Bertz CT molecular complexity index is 689. The molecule has 0 N–H and O–H groups in total. The molecule has 0 aliphatic rings. The van der Waals surface area contributed by atoms with Crippen molar-refractivity contribution >= 4 is 33.5 Å². The zero-order valence-electron chi connectivity index (χ0n) is 14.3. The molecule has 24 heavy (non-hydrogen) atoms. The molecule has 0 aliphatic carbocycles. The Balaban J connectivity index is 2.91. The predicted molar refractivity (Wildman–Crippen MR) is 95.5 cm³/mol. The van der Waals surface area contributed by atoms with Crippen LogP contribution in [0.15, 0.2) is 24.3 Å². The molecule has 10 heteroatoms. The van der Waals surface area contributed by atoms with Gasteiger partial charge in [0.2, 0.25) is 0 Å². The van der Waals surface area contributed by atoms with E-state index in [4.69, 9.17) is 13.1 Å². The molecule has 0 atom stereocenters. The molecule has 1 rings (SSSR count). The van der Waals surface area contributed by atoms with Gasteiger partial charge in [-0.3, -0.25) is 8.37 Å². The molecule has 7 nitrogen and oxygen atoms in total. The van der Waals surface area contributed by atoms with E-state index < -0.39 is 28.3 Å². The number of ether oxygens (including phenoxy) is 1. The molecule has 1 aromatic carbocycles. The monoisotopic (exact) mass is 396 g/mol. The second-order valence-electron chi connectivity index (χ2n) is 5.84. The largest absolute Gasteiger partial charge is 0.497 e. The first-order valence-electron chi connectivity index (χ1n) is 7.28. The Morgan fingerprint density at radius 2 is 1.29 bits per heavy atom. The van der Waals surface area contributed by atoms with Gasteiger partial charge in [0.05, 0.1) is 40.9 Å². The van der Waals surface area contributed by atoms with Crippen LogP contribution in [0, 0.1) is 0 Å². The molecule has 0 heterocycles. The second-order valence-corrected chi connectivity index (χ2v) is 13.8. The smallest absolute Gasteiger partial charge is 0.264 e. The maximum Gasteiger partial charge on any atom is 0.264 e. The van der Waals surface area contributed by atoms with Gasteiger partial charge in [-0.15, -0.1) is 0 Å². The quantitative estimate of drug-likeness (QED) is 0.429. The fraction of sp³-hybridized carbons (Fsp3) is 0.571. The molecule has 0 spiro atoms. The normalized spacial score (nSPS) is 13.0. The van der Waals surface area contributed by atoms with Crippen molar-refractivity contribution in [1.29, 1.82) is 0 Å². The van der Waals surface area contributed by atoms with Crippen LogP contribution in [0.4, 0.5) is 0 Å². The zero-order chi connectivity index (χ0) is 18.4. The summed E-state index contributed by atoms with van der Waals surface area (Å²) in [6.07, 6.45) is 2.01. The first-order valence-corrected chi connectivity index (χ1v) is 13.8. The van der Waals surface area contributed by atoms with Crippen molar-refractivity contribution in [3.8, 4) is 5.75 Å². The highest BCUT2D eigenvalue weighted by atomic mass is 32.2. The summed E-state index contributed by atoms with van der Waals surface area (Å²) in [5.41, 5.74) is 0. The summed E-state index contributed by atoms with van der Waals surface area (Å²) in [7, 11) is -7.64. The Labute approximate surface area is 145 Å². The molecular formula is C14H24O7S2Si. The predicted octanol–water partition coefficient (Wildman–Crippen LogP) is 0.933. The Kier molecular flexibility index (Phi) is 7.41. The lowest BCUT2D eigenvalue weighted by molar-refractivity contribution is 0.334. The third kappa shape index (κ3) is 7.75. The maximum absolute atomic E-state index is 11.2. The van der Waals surface area contributed by atoms with Gasteiger partial charge in [-0.25, -0.2) is 0 Å². The highest BCUT2D eigenvalue weighted by Crippen LogP contribution is 2.19. The van der Waals surface area contributed by atoms with Crippen LogP contribution in [0.1, 0.15) is 0 Å². The summed E-state index contributed by atoms with van der Waals surface area (Å²) in [6, 6.07) is 8.56. The topological polar surface area (TPSA) is 96.0 Å². The number of rotatable bonds is 10. The minimum Gasteiger partial charge on any atom is -0.497 e. The molecule has 1 aromatic rings. The molecule has 0 saturated carbocycles. The van der Waals surface area contributed by atoms with E-state index in [9.17, 15) is 16.8 Å². The number of hydrogen-bond acceptors (Lipinski definition) is 7. The van der Waals surface area contributed by atoms with Crippen LogP contribution in [0.2, 0.25) is 18.6 Å². The molecule has 0 aliphatic heterocycles. The van der Waals surface area contributed by atoms with Crippen LogP contribution in [0.25, 0.3) is 0 Å². The average Bonchev–Trinajstić information content (AvgIpc) is 2.44. The summed E-state index contributed by atoms with van der Waals surface area (Å²) in [4.78, 5) is 0. The van der Waals surface area contributed by atoms with E-state index in [2.05, 4.69) is 0 Å². The van der Waals surface area contributed by atoms with Crippen LogP contribution in [-0.4, -0.2) is 57.7 Å². The van der Waals surface area contributed by atoms with Crippen molar-refractivity contribution in [2.24, 2.45) is 0 Å². The number of benzene rings is 1. The highest BCUT2D eigenvalue weighted by Gasteiger charge is 2.30. The molecule has 0 aromatic heterocycles. The number of hydrogen-bond donors (Lipinski definition) is 0. The van der Waals surface area contributed by atoms with Gasteiger partial charge in [0.1, 0.15) is 5.75 Å². The Morgan fingerprint density at radius 3 is 1.62 bits per heavy atom. The summed E-state index contributed by atoms with van der Waals surface area (Å²) < 4.78 is 59.5. The maximum atomic E-state index is 11.2. The minimum absolute atomic E-state index is 0.0620. The Hall–Kier alpha value is -0.943. The van der Waals surface area contributed by atoms with Crippen LogP contribution in [0.3, 0.4) is 0 Å². The van der Waals surface area contributed by atoms with Crippen molar-refractivity contribution in [3.63, 3.8) is 0 Å². The van der Waals surface area contributed by atoms with Crippen molar-refractivity contribution < 1.29 is 29.9 Å². The average molecular weight is 397 g/mol. The van der Waals surface area contributed by atoms with Gasteiger partial charge in [0.25, 0.3) is 20.2 Å². The van der Waals surface area contributed by atoms with E-state index in [-0.39, 0.29) is 13.2 Å². The van der Waals surface area contributed by atoms with Crippen molar-refractivity contribution in [2.45, 2.75) is 18.6 Å². The minimum atomic E-state index is -3.51. The van der Waals surface area contributed by atoms with Gasteiger partial charge in [-0.2, -0.15) is 16.8 Å². The van der Waals surface area contributed by atoms with Gasteiger partial charge in [0.15, 0.2) is 0 Å². The van der Waals surface area contributed by atoms with Crippen molar-refractivity contribution in [2.75, 3.05) is 32.8 Å². The SMILES string of the molecule is COc1ccc([Si](C)(CCOS(C)(=O)=O)CCOS(C)(=O)=O)cc1. The molecule has 0 unspecified atom stereocenters. The first-order chi connectivity index (χ1) is 11.0. The lowest BCUT2D eigenvalue weighted by Crippen LogP contribution is -2.46. The van der Waals surface area contributed by atoms with Crippen LogP contribution < -0.4 is 9.92 Å². The summed E-state index contributed by atoms with van der Waals surface area (Å²) in [6.45, 7) is 2.17. The van der Waals surface area contributed by atoms with Crippen LogP contribution >= 0.6 is 0 Å². The van der Waals surface area contributed by atoms with Gasteiger partial charge >= 0.3 is 0 Å². The molecule has 138 valence electrons. The van der Waals surface area contributed by atoms with E-state index in [1.165, 1.54) is 0 Å². The van der Waals surface area contributed by atoms with Gasteiger partial charge in [-0.1, -0.05) is 23.9 Å². The van der Waals surface area contributed by atoms with Gasteiger partial charge in [-0.05, 0) is 24.2 Å². The number of methoxy groups -OCH3 is 1. The van der Waals surface area contributed by atoms with Gasteiger partial charge < -0.3 is 4.74 Å². The highest BCUT2D eigenvalue weighted by molar-refractivity contribution is 7.86. The second kappa shape index (κ2) is 8.43. The molecule has 0 amide bonds. The summed E-state index contributed by atoms with van der Waals surface area (Å²) >= 11 is 0. The summed E-state index contributed by atoms with van der Waals surface area (Å²) in [5, 5.41) is 1.05. The third-order valence-corrected chi connectivity index (χ3v) is 9.22. The van der Waals surface area contributed by atoms with E-state index in [0.29, 0.717) is 12.1 Å². The molecular weight excluding hydrogens is 372 g/mol. The molecule has 0 saturated heterocycles. The standard InChI is InChI=1S/C14H24O7S2Si/c1-19-13-5-7-14(8-6-13)24(4,11-9-20-22(2,15)16)12-10-21-23(3,17)18/h5-8H,9-12H2,1-4H3. The Morgan fingerprint density at radius 1 is 0.875 bits per heavy atom. The summed E-state index contributed by atoms with van der Waals surface area (Å²) in [5.74, 6) is 0.717. The fourth-order valence-electron chi connectivity index (χ4n) is 2.24. The lowest BCUT2D eigenvalue weighted by atomic mass is 10.3. The van der Waals surface area contributed by atoms with E-state index in [1.807, 2.05) is 30.8 Å². The molecule has 0 radical (unpaired) electrons. The lowest BCUT2D eigenvalue weighted by Gasteiger charge is -2.27. The third-order valence-electron chi connectivity index (χ3n) is 3.69. The van der Waals surface area contributed by atoms with Crippen LogP contribution in [0.5, 0.6) is 5.75 Å². The van der Waals surface area contributed by atoms with E-state index >= 15 is 0 Å². The van der Waals surface area contributed by atoms with E-state index in [0.717, 1.165) is 23.4 Å². The zero-order valence-corrected chi connectivity index (χ0v) is 16.9. The fourth-order valence-corrected chi connectivity index (χ4v) is 6.22.